The Hall–Kier alpha value is -5.31. The van der Waals surface area contributed by atoms with Gasteiger partial charge in [-0.1, -0.05) is 78.9 Å². The van der Waals surface area contributed by atoms with Crippen LogP contribution in [0.25, 0.3) is 0 Å². The molecule has 5 rings (SSSR count). The van der Waals surface area contributed by atoms with E-state index in [0.29, 0.717) is 24.2 Å². The van der Waals surface area contributed by atoms with Crippen molar-refractivity contribution in [1.29, 1.82) is 0 Å². The van der Waals surface area contributed by atoms with E-state index in [-0.39, 0.29) is 25.2 Å². The highest BCUT2D eigenvalue weighted by Crippen LogP contribution is 2.24. The van der Waals surface area contributed by atoms with Crippen LogP contribution in [0.4, 0.5) is 21.0 Å². The first-order chi connectivity index (χ1) is 21.0. The van der Waals surface area contributed by atoms with Gasteiger partial charge in [0.05, 0.1) is 6.04 Å². The summed E-state index contributed by atoms with van der Waals surface area (Å²) in [6.07, 6.45) is 0.0593. The molecule has 1 aliphatic rings. The maximum absolute atomic E-state index is 13.3. The van der Waals surface area contributed by atoms with Crippen LogP contribution in [0.5, 0.6) is 0 Å². The lowest BCUT2D eigenvalue weighted by Gasteiger charge is -2.39. The molecule has 4 aromatic rings. The van der Waals surface area contributed by atoms with E-state index in [2.05, 4.69) is 15.6 Å². The zero-order valence-corrected chi connectivity index (χ0v) is 23.7. The quantitative estimate of drug-likeness (QED) is 0.235. The van der Waals surface area contributed by atoms with Crippen molar-refractivity contribution in [2.75, 3.05) is 23.3 Å². The number of hydrazine groups is 1. The zero-order valence-electron chi connectivity index (χ0n) is 23.7. The molecule has 1 unspecified atom stereocenters. The molecule has 1 aliphatic heterocycles. The van der Waals surface area contributed by atoms with E-state index in [0.717, 1.165) is 29.8 Å². The molecule has 43 heavy (non-hydrogen) atoms. The van der Waals surface area contributed by atoms with Crippen LogP contribution in [0.15, 0.2) is 115 Å². The van der Waals surface area contributed by atoms with Crippen LogP contribution < -0.4 is 15.6 Å². The number of piperidine rings is 1. The van der Waals surface area contributed by atoms with Gasteiger partial charge in [-0.3, -0.25) is 4.79 Å². The Kier molecular flexibility index (Phi) is 9.87. The second kappa shape index (κ2) is 14.5. The number of carbonyl (C=O) groups is 3. The van der Waals surface area contributed by atoms with Gasteiger partial charge < -0.3 is 19.7 Å². The molecule has 1 saturated heterocycles. The molecular weight excluding hydrogens is 544 g/mol. The van der Waals surface area contributed by atoms with Crippen LogP contribution in [0.2, 0.25) is 0 Å². The van der Waals surface area contributed by atoms with Crippen molar-refractivity contribution in [1.82, 2.24) is 10.4 Å². The molecule has 1 atom stereocenters. The first-order valence-corrected chi connectivity index (χ1v) is 14.2. The third-order valence-electron chi connectivity index (χ3n) is 7.11. The van der Waals surface area contributed by atoms with Gasteiger partial charge in [-0.2, -0.15) is 0 Å². The summed E-state index contributed by atoms with van der Waals surface area (Å²) in [4.78, 5) is 40.8. The van der Waals surface area contributed by atoms with Crippen molar-refractivity contribution in [2.45, 2.75) is 32.1 Å². The van der Waals surface area contributed by atoms with Gasteiger partial charge in [-0.25, -0.2) is 20.0 Å². The lowest BCUT2D eigenvalue weighted by molar-refractivity contribution is 0.0432. The van der Waals surface area contributed by atoms with E-state index < -0.39 is 12.2 Å². The largest absolute Gasteiger partial charge is 0.443 e. The van der Waals surface area contributed by atoms with Crippen molar-refractivity contribution >= 4 is 29.5 Å². The normalized spacial score (nSPS) is 14.3. The molecule has 0 saturated carbocycles. The van der Waals surface area contributed by atoms with Crippen molar-refractivity contribution in [3.63, 3.8) is 0 Å². The molecule has 0 bridgehead atoms. The van der Waals surface area contributed by atoms with Gasteiger partial charge in [0.2, 0.25) is 0 Å². The Bertz CT molecular complexity index is 1480. The summed E-state index contributed by atoms with van der Waals surface area (Å²) >= 11 is 0. The van der Waals surface area contributed by atoms with E-state index in [1.54, 1.807) is 12.1 Å². The molecule has 0 aromatic heterocycles. The van der Waals surface area contributed by atoms with Gasteiger partial charge in [-0.05, 0) is 60.4 Å². The van der Waals surface area contributed by atoms with Crippen LogP contribution in [0, 0.1) is 0 Å². The Morgan fingerprint density at radius 3 is 1.95 bits per heavy atom. The van der Waals surface area contributed by atoms with E-state index in [1.807, 2.05) is 103 Å². The summed E-state index contributed by atoms with van der Waals surface area (Å²) in [5, 5.41) is 4.16. The summed E-state index contributed by atoms with van der Waals surface area (Å²) in [7, 11) is 0. The van der Waals surface area contributed by atoms with Crippen LogP contribution >= 0.6 is 0 Å². The van der Waals surface area contributed by atoms with Crippen molar-refractivity contribution in [3.05, 3.63) is 132 Å². The van der Waals surface area contributed by atoms with E-state index >= 15 is 0 Å². The minimum atomic E-state index is -0.740. The zero-order chi connectivity index (χ0) is 29.9. The molecule has 4 aromatic carbocycles. The van der Waals surface area contributed by atoms with Crippen LogP contribution in [0.1, 0.15) is 34.3 Å². The second-order valence-electron chi connectivity index (χ2n) is 10.2. The first-order valence-electron chi connectivity index (χ1n) is 14.2. The number of hydrogen-bond acceptors (Lipinski definition) is 6. The van der Waals surface area contributed by atoms with Gasteiger partial charge in [-0.15, -0.1) is 0 Å². The van der Waals surface area contributed by atoms with Gasteiger partial charge in [0.15, 0.2) is 0 Å². The van der Waals surface area contributed by atoms with E-state index in [4.69, 9.17) is 9.47 Å². The van der Waals surface area contributed by atoms with E-state index in [9.17, 15) is 14.4 Å². The predicted molar refractivity (Wildman–Crippen MR) is 164 cm³/mol. The minimum absolute atomic E-state index is 0.0729. The van der Waals surface area contributed by atoms with Gasteiger partial charge >= 0.3 is 12.2 Å². The highest BCUT2D eigenvalue weighted by Gasteiger charge is 2.32. The molecule has 0 aliphatic carbocycles. The number of nitrogens with zero attached hydrogens (tertiary/aromatic N) is 2. The monoisotopic (exact) mass is 578 g/mol. The summed E-state index contributed by atoms with van der Waals surface area (Å²) in [5.41, 5.74) is 6.51. The van der Waals surface area contributed by atoms with Crippen LogP contribution in [0.3, 0.4) is 0 Å². The lowest BCUT2D eigenvalue weighted by atomic mass is 10.0. The molecule has 3 amide bonds. The fourth-order valence-electron chi connectivity index (χ4n) is 4.88. The molecule has 9 nitrogen and oxygen atoms in total. The Morgan fingerprint density at radius 2 is 1.33 bits per heavy atom. The standard InChI is InChI=1S/C34H34N4O5/c39-32(28-15-8-3-9-16-28)35-29-18-20-30(21-19-29)37-22-10-17-31(23-37)38(34(41)43-25-27-13-6-2-7-14-27)36-33(40)42-24-26-11-4-1-5-12-26/h1-9,11-16,18-21,31H,10,17,22-25H2,(H,35,39)(H,36,40). The average molecular weight is 579 g/mol. The number of ether oxygens (including phenoxy) is 2. The van der Waals surface area contributed by atoms with Crippen LogP contribution in [-0.2, 0) is 22.7 Å². The average Bonchev–Trinajstić information content (AvgIpc) is 3.07. The molecule has 9 heteroatoms. The number of carbonyl (C=O) groups excluding carboxylic acids is 3. The Balaban J connectivity index is 1.24. The third-order valence-corrected chi connectivity index (χ3v) is 7.11. The molecule has 1 fully saturated rings. The molecule has 1 heterocycles. The molecular formula is C34H34N4O5. The maximum atomic E-state index is 13.3. The summed E-state index contributed by atoms with van der Waals surface area (Å²) in [6, 6.07) is 35.0. The first kappa shape index (κ1) is 29.2. The molecule has 220 valence electrons. The van der Waals surface area contributed by atoms with Crippen molar-refractivity contribution in [3.8, 4) is 0 Å². The van der Waals surface area contributed by atoms with E-state index in [1.165, 1.54) is 5.01 Å². The summed E-state index contributed by atoms with van der Waals surface area (Å²) in [5.74, 6) is -0.179. The Morgan fingerprint density at radius 1 is 0.744 bits per heavy atom. The Labute approximate surface area is 251 Å². The fraction of sp³-hybridized carbons (Fsp3) is 0.206. The lowest BCUT2D eigenvalue weighted by Crippen LogP contribution is -2.57. The number of nitrogens with one attached hydrogen (secondary N) is 2. The number of benzene rings is 4. The van der Waals surface area contributed by atoms with Crippen molar-refractivity contribution < 1.29 is 23.9 Å². The van der Waals surface area contributed by atoms with Gasteiger partial charge in [0, 0.05) is 30.0 Å². The van der Waals surface area contributed by atoms with Crippen LogP contribution in [-0.4, -0.2) is 42.2 Å². The highest BCUT2D eigenvalue weighted by atomic mass is 16.6. The van der Waals surface area contributed by atoms with Crippen molar-refractivity contribution in [2.24, 2.45) is 0 Å². The maximum Gasteiger partial charge on any atom is 0.429 e. The highest BCUT2D eigenvalue weighted by molar-refractivity contribution is 6.04. The fourth-order valence-corrected chi connectivity index (χ4v) is 4.88. The van der Waals surface area contributed by atoms with Gasteiger partial charge in [0.25, 0.3) is 5.91 Å². The number of rotatable bonds is 8. The summed E-state index contributed by atoms with van der Waals surface area (Å²) in [6.45, 7) is 1.39. The van der Waals surface area contributed by atoms with Gasteiger partial charge in [0.1, 0.15) is 13.2 Å². The minimum Gasteiger partial charge on any atom is -0.443 e. The molecule has 2 N–H and O–H groups in total. The predicted octanol–water partition coefficient (Wildman–Crippen LogP) is 6.39. The smallest absolute Gasteiger partial charge is 0.429 e. The second-order valence-corrected chi connectivity index (χ2v) is 10.2. The molecule has 0 radical (unpaired) electrons. The topological polar surface area (TPSA) is 100 Å². The third kappa shape index (κ3) is 8.36. The number of amides is 3. The summed E-state index contributed by atoms with van der Waals surface area (Å²) < 4.78 is 11.0. The SMILES string of the molecule is O=C(NN(C(=O)OCc1ccccc1)C1CCCN(c2ccc(NC(=O)c3ccccc3)cc2)C1)OCc1ccccc1. The molecule has 0 spiro atoms. The number of anilines is 2. The number of hydrogen-bond donors (Lipinski definition) is 2.